The molecule has 0 rings (SSSR count). The number of esters is 4. The Morgan fingerprint density at radius 3 is 0.747 bits per heavy atom. The van der Waals surface area contributed by atoms with Crippen LogP contribution in [0.1, 0.15) is 395 Å². The van der Waals surface area contributed by atoms with Gasteiger partial charge in [-0.25, -0.2) is 9.13 Å². The van der Waals surface area contributed by atoms with Gasteiger partial charge >= 0.3 is 39.5 Å². The van der Waals surface area contributed by atoms with Crippen molar-refractivity contribution >= 4 is 39.5 Å². The van der Waals surface area contributed by atoms with E-state index in [4.69, 9.17) is 37.0 Å². The molecule has 17 nitrogen and oxygen atoms in total. The van der Waals surface area contributed by atoms with Crippen molar-refractivity contribution in [3.8, 4) is 0 Å². The number of phosphoric ester groups is 2. The van der Waals surface area contributed by atoms with E-state index in [1.165, 1.54) is 205 Å². The highest BCUT2D eigenvalue weighted by atomic mass is 31.2. The normalized spacial score (nSPS) is 14.6. The SMILES string of the molecule is CCCCCCCCCCCCCCCCCCCCCC(=O)O[C@H](COC(=O)CCCCCCCCCCCCCCCC)COP(=O)(O)OC[C@@H](O)COP(=O)(O)OC[C@@H](COC(=O)CCCCCCCCC(C)CC)OC(=O)CCCCCCCCCCC(C)CC. The second-order valence-corrected chi connectivity index (χ2v) is 30.8. The van der Waals surface area contributed by atoms with E-state index in [0.717, 1.165) is 108 Å². The van der Waals surface area contributed by atoms with Crippen LogP contribution in [0.15, 0.2) is 0 Å². The smallest absolute Gasteiger partial charge is 0.462 e. The van der Waals surface area contributed by atoms with Crippen molar-refractivity contribution in [2.45, 2.75) is 413 Å². The van der Waals surface area contributed by atoms with Crippen LogP contribution >= 0.6 is 15.6 Å². The van der Waals surface area contributed by atoms with Crippen LogP contribution in [-0.4, -0.2) is 96.7 Å². The van der Waals surface area contributed by atoms with Crippen LogP contribution < -0.4 is 0 Å². The van der Waals surface area contributed by atoms with Gasteiger partial charge in [-0.1, -0.05) is 343 Å². The average molecular weight is 1400 g/mol. The minimum absolute atomic E-state index is 0.104. The van der Waals surface area contributed by atoms with Gasteiger partial charge in [-0.3, -0.25) is 37.3 Å². The van der Waals surface area contributed by atoms with Gasteiger partial charge in [0.05, 0.1) is 26.4 Å². The number of phosphoric acid groups is 2. The predicted molar refractivity (Wildman–Crippen MR) is 386 cm³/mol. The van der Waals surface area contributed by atoms with Crippen molar-refractivity contribution in [1.82, 2.24) is 0 Å². The molecule has 3 N–H and O–H groups in total. The fraction of sp³-hybridized carbons (Fsp3) is 0.947. The van der Waals surface area contributed by atoms with Crippen molar-refractivity contribution in [1.29, 1.82) is 0 Å². The Balaban J connectivity index is 5.24. The van der Waals surface area contributed by atoms with Gasteiger partial charge in [-0.05, 0) is 37.5 Å². The van der Waals surface area contributed by atoms with Crippen molar-refractivity contribution < 1.29 is 80.2 Å². The van der Waals surface area contributed by atoms with Crippen molar-refractivity contribution in [2.75, 3.05) is 39.6 Å². The summed E-state index contributed by atoms with van der Waals surface area (Å²) < 4.78 is 68.5. The molecule has 0 amide bonds. The molecule has 0 aromatic carbocycles. The van der Waals surface area contributed by atoms with E-state index >= 15 is 0 Å². The van der Waals surface area contributed by atoms with Gasteiger partial charge < -0.3 is 33.8 Å². The summed E-state index contributed by atoms with van der Waals surface area (Å²) in [6.07, 6.45) is 55.5. The Kier molecular flexibility index (Phi) is 66.5. The monoisotopic (exact) mass is 1400 g/mol. The molecule has 0 aliphatic heterocycles. The summed E-state index contributed by atoms with van der Waals surface area (Å²) in [7, 11) is -9.91. The van der Waals surface area contributed by atoms with E-state index in [1.54, 1.807) is 0 Å². The number of unbranched alkanes of at least 4 members (excludes halogenated alkanes) is 43. The zero-order valence-electron chi connectivity index (χ0n) is 62.0. The van der Waals surface area contributed by atoms with Crippen LogP contribution in [0.5, 0.6) is 0 Å². The number of aliphatic hydroxyl groups excluding tert-OH is 1. The number of carbonyl (C=O) groups is 4. The summed E-state index contributed by atoms with van der Waals surface area (Å²) in [6.45, 7) is 9.55. The molecule has 0 saturated carbocycles. The zero-order chi connectivity index (χ0) is 70.0. The Morgan fingerprint density at radius 2 is 0.505 bits per heavy atom. The standard InChI is InChI=1S/C76H148O17P2/c1-7-11-13-15-17-19-21-23-25-26-27-28-29-31-33-35-40-48-54-60-75(80)92-71(64-86-73(78)58-52-46-39-34-32-30-24-22-20-18-16-14-12-8-2)66-90-94(82,83)88-62-70(77)63-89-95(84,85)91-67-72(65-87-74(79)59-53-47-43-42-45-51-57-69(6)10-4)93-76(81)61-55-49-41-37-36-38-44-50-56-68(5)9-3/h68-72,77H,7-67H2,1-6H3,(H,82,83)(H,84,85)/t68?,69?,70-,71-,72-/m1/s1. The van der Waals surface area contributed by atoms with Gasteiger partial charge in [-0.15, -0.1) is 0 Å². The summed E-state index contributed by atoms with van der Waals surface area (Å²) in [5, 5.41) is 10.6. The number of ether oxygens (including phenoxy) is 4. The van der Waals surface area contributed by atoms with Gasteiger partial charge in [0.15, 0.2) is 12.2 Å². The molecule has 0 spiro atoms. The highest BCUT2D eigenvalue weighted by Gasteiger charge is 2.30. The van der Waals surface area contributed by atoms with E-state index in [2.05, 4.69) is 41.5 Å². The quantitative estimate of drug-likeness (QED) is 0.0222. The maximum Gasteiger partial charge on any atom is 0.472 e. The molecule has 0 aromatic rings. The molecule has 19 heteroatoms. The van der Waals surface area contributed by atoms with Crippen molar-refractivity contribution in [3.05, 3.63) is 0 Å². The number of aliphatic hydroxyl groups is 1. The molecular formula is C76H148O17P2. The molecule has 0 fully saturated rings. The molecular weight excluding hydrogens is 1250 g/mol. The van der Waals surface area contributed by atoms with Gasteiger partial charge in [0, 0.05) is 25.7 Å². The fourth-order valence-electron chi connectivity index (χ4n) is 11.6. The molecule has 7 atom stereocenters. The van der Waals surface area contributed by atoms with Crippen LogP contribution in [0.2, 0.25) is 0 Å². The number of carbonyl (C=O) groups excluding carboxylic acids is 4. The summed E-state index contributed by atoms with van der Waals surface area (Å²) in [6, 6.07) is 0. The zero-order valence-corrected chi connectivity index (χ0v) is 63.8. The Morgan fingerprint density at radius 1 is 0.295 bits per heavy atom. The average Bonchev–Trinajstić information content (AvgIpc) is 1.39. The Labute approximate surface area is 581 Å². The maximum atomic E-state index is 13.1. The maximum absolute atomic E-state index is 13.1. The van der Waals surface area contributed by atoms with Gasteiger partial charge in [-0.2, -0.15) is 0 Å². The van der Waals surface area contributed by atoms with E-state index in [1.807, 2.05) is 0 Å². The lowest BCUT2D eigenvalue weighted by atomic mass is 9.99. The highest BCUT2D eigenvalue weighted by molar-refractivity contribution is 7.47. The lowest BCUT2D eigenvalue weighted by Gasteiger charge is -2.21. The Hall–Kier alpha value is -1.94. The molecule has 0 aromatic heterocycles. The van der Waals surface area contributed by atoms with Crippen molar-refractivity contribution in [3.63, 3.8) is 0 Å². The third kappa shape index (κ3) is 67.6. The molecule has 4 unspecified atom stereocenters. The van der Waals surface area contributed by atoms with Gasteiger partial charge in [0.1, 0.15) is 19.3 Å². The highest BCUT2D eigenvalue weighted by Crippen LogP contribution is 2.45. The minimum atomic E-state index is -4.96. The van der Waals surface area contributed by atoms with Crippen LogP contribution in [-0.2, 0) is 65.4 Å². The lowest BCUT2D eigenvalue weighted by molar-refractivity contribution is -0.161. The lowest BCUT2D eigenvalue weighted by Crippen LogP contribution is -2.30. The second kappa shape index (κ2) is 67.9. The molecule has 0 aliphatic rings. The van der Waals surface area contributed by atoms with Gasteiger partial charge in [0.2, 0.25) is 0 Å². The summed E-state index contributed by atoms with van der Waals surface area (Å²) >= 11 is 0. The Bertz CT molecular complexity index is 1840. The molecule has 0 aliphatic carbocycles. The van der Waals surface area contributed by atoms with Crippen LogP contribution in [0.25, 0.3) is 0 Å². The fourth-order valence-corrected chi connectivity index (χ4v) is 13.2. The molecule has 0 heterocycles. The molecule has 0 bridgehead atoms. The molecule has 95 heavy (non-hydrogen) atoms. The molecule has 0 radical (unpaired) electrons. The van der Waals surface area contributed by atoms with Crippen LogP contribution in [0.3, 0.4) is 0 Å². The van der Waals surface area contributed by atoms with Crippen molar-refractivity contribution in [2.24, 2.45) is 11.8 Å². The molecule has 0 saturated heterocycles. The third-order valence-electron chi connectivity index (χ3n) is 18.4. The molecule has 564 valence electrons. The summed E-state index contributed by atoms with van der Waals surface area (Å²) in [4.78, 5) is 72.8. The van der Waals surface area contributed by atoms with E-state index in [-0.39, 0.29) is 25.7 Å². The third-order valence-corrected chi connectivity index (χ3v) is 20.3. The van der Waals surface area contributed by atoms with Gasteiger partial charge in [0.25, 0.3) is 0 Å². The summed E-state index contributed by atoms with van der Waals surface area (Å²) in [5.74, 6) is -0.617. The first-order chi connectivity index (χ1) is 45.9. The number of hydrogen-bond donors (Lipinski definition) is 3. The predicted octanol–water partition coefficient (Wildman–Crippen LogP) is 22.3. The first kappa shape index (κ1) is 93.1. The second-order valence-electron chi connectivity index (χ2n) is 27.9. The van der Waals surface area contributed by atoms with E-state index in [9.17, 15) is 43.2 Å². The van der Waals surface area contributed by atoms with E-state index in [0.29, 0.717) is 25.7 Å². The van der Waals surface area contributed by atoms with Crippen LogP contribution in [0.4, 0.5) is 0 Å². The summed E-state index contributed by atoms with van der Waals surface area (Å²) in [5.41, 5.74) is 0. The van der Waals surface area contributed by atoms with Crippen LogP contribution in [0, 0.1) is 11.8 Å². The first-order valence-electron chi connectivity index (χ1n) is 39.6. The first-order valence-corrected chi connectivity index (χ1v) is 42.6. The van der Waals surface area contributed by atoms with E-state index < -0.39 is 97.5 Å². The number of hydrogen-bond acceptors (Lipinski definition) is 15. The minimum Gasteiger partial charge on any atom is -0.462 e. The number of rotatable bonds is 75. The largest absolute Gasteiger partial charge is 0.472 e. The topological polar surface area (TPSA) is 237 Å².